The third kappa shape index (κ3) is 4.08. The Morgan fingerprint density at radius 2 is 1.76 bits per heavy atom. The molecule has 0 saturated carbocycles. The number of carbonyl (C=O) groups excluding carboxylic acids is 1. The molecule has 1 fully saturated rings. The van der Waals surface area contributed by atoms with E-state index in [1.807, 2.05) is 6.92 Å². The molecule has 0 aliphatic carbocycles. The topological polar surface area (TPSA) is 80.5 Å². The van der Waals surface area contributed by atoms with E-state index in [1.165, 1.54) is 0 Å². The van der Waals surface area contributed by atoms with Gasteiger partial charge in [0, 0.05) is 24.7 Å². The predicted molar refractivity (Wildman–Crippen MR) is 97.0 cm³/mol. The first-order valence-electron chi connectivity index (χ1n) is 8.28. The number of hydrogen-bond acceptors (Lipinski definition) is 4. The van der Waals surface area contributed by atoms with Gasteiger partial charge in [-0.05, 0) is 43.2 Å². The van der Waals surface area contributed by atoms with Crippen LogP contribution in [0.5, 0.6) is 0 Å². The summed E-state index contributed by atoms with van der Waals surface area (Å²) in [7, 11) is -3.40. The summed E-state index contributed by atoms with van der Waals surface area (Å²) < 4.78 is 25.0. The molecule has 0 spiro atoms. The molecule has 5 nitrogen and oxygen atoms in total. The monoisotopic (exact) mass is 358 g/mol. The summed E-state index contributed by atoms with van der Waals surface area (Å²) in [5, 5.41) is 0. The molecular formula is C19H22N2O3S. The van der Waals surface area contributed by atoms with E-state index in [9.17, 15) is 13.2 Å². The number of aryl methyl sites for hydroxylation is 1. The van der Waals surface area contributed by atoms with E-state index in [1.54, 1.807) is 53.4 Å². The van der Waals surface area contributed by atoms with Gasteiger partial charge in [-0.1, -0.05) is 29.8 Å². The van der Waals surface area contributed by atoms with Crippen molar-refractivity contribution < 1.29 is 13.2 Å². The van der Waals surface area contributed by atoms with Crippen LogP contribution in [0.1, 0.15) is 27.9 Å². The van der Waals surface area contributed by atoms with Crippen molar-refractivity contribution >= 4 is 15.7 Å². The van der Waals surface area contributed by atoms with Crippen LogP contribution in [-0.2, 0) is 15.6 Å². The maximum absolute atomic E-state index is 12.5. The number of nitrogens with zero attached hydrogens (tertiary/aromatic N) is 1. The normalized spacial score (nSPS) is 17.7. The van der Waals surface area contributed by atoms with E-state index in [0.717, 1.165) is 12.0 Å². The first-order chi connectivity index (χ1) is 11.8. The first kappa shape index (κ1) is 17.6. The first-order valence-corrected chi connectivity index (χ1v) is 9.93. The molecule has 6 heteroatoms. The second-order valence-electron chi connectivity index (χ2n) is 6.57. The molecule has 2 aromatic rings. The number of amides is 1. The number of likely N-dealkylation sites (tertiary alicyclic amines) is 1. The smallest absolute Gasteiger partial charge is 0.253 e. The highest BCUT2D eigenvalue weighted by molar-refractivity contribution is 7.90. The minimum Gasteiger partial charge on any atom is -0.337 e. The maximum atomic E-state index is 12.5. The zero-order valence-corrected chi connectivity index (χ0v) is 15.0. The minimum atomic E-state index is -3.40. The van der Waals surface area contributed by atoms with E-state index in [2.05, 4.69) is 0 Å². The van der Waals surface area contributed by atoms with Gasteiger partial charge in [-0.2, -0.15) is 0 Å². The lowest BCUT2D eigenvalue weighted by Crippen LogP contribution is -2.31. The van der Waals surface area contributed by atoms with Gasteiger partial charge in [0.15, 0.2) is 9.84 Å². The largest absolute Gasteiger partial charge is 0.337 e. The Morgan fingerprint density at radius 1 is 1.12 bits per heavy atom. The Hall–Kier alpha value is -2.18. The number of rotatable bonds is 4. The number of hydrogen-bond donors (Lipinski definition) is 1. The number of carbonyl (C=O) groups is 1. The maximum Gasteiger partial charge on any atom is 0.253 e. The second kappa shape index (κ2) is 6.98. The summed E-state index contributed by atoms with van der Waals surface area (Å²) in [5.74, 6) is -0.139. The standard InChI is InChI=1S/C19H22N2O3S/c1-14-2-8-18(9-3-14)25(23,24)13-15-4-6-16(7-5-15)19(22)21-11-10-17(20)12-21/h2-9,17H,10-13,20H2,1H3/t17-/m1/s1. The zero-order chi connectivity index (χ0) is 18.0. The SMILES string of the molecule is Cc1ccc(S(=O)(=O)Cc2ccc(C(=O)N3CC[C@@H](N)C3)cc2)cc1. The average molecular weight is 358 g/mol. The quantitative estimate of drug-likeness (QED) is 0.908. The Labute approximate surface area is 148 Å². The molecule has 1 saturated heterocycles. The summed E-state index contributed by atoms with van der Waals surface area (Å²) >= 11 is 0. The van der Waals surface area contributed by atoms with Crippen molar-refractivity contribution in [2.45, 2.75) is 30.0 Å². The number of nitrogens with two attached hydrogens (primary N) is 1. The lowest BCUT2D eigenvalue weighted by molar-refractivity contribution is 0.0791. The van der Waals surface area contributed by atoms with Crippen LogP contribution < -0.4 is 5.73 Å². The van der Waals surface area contributed by atoms with Crippen molar-refractivity contribution in [2.24, 2.45) is 5.73 Å². The van der Waals surface area contributed by atoms with Crippen LogP contribution in [0, 0.1) is 6.92 Å². The fourth-order valence-corrected chi connectivity index (χ4v) is 4.29. The molecule has 0 bridgehead atoms. The van der Waals surface area contributed by atoms with E-state index >= 15 is 0 Å². The van der Waals surface area contributed by atoms with Gasteiger partial charge >= 0.3 is 0 Å². The fraction of sp³-hybridized carbons (Fsp3) is 0.316. The number of sulfone groups is 1. The predicted octanol–water partition coefficient (Wildman–Crippen LogP) is 2.14. The van der Waals surface area contributed by atoms with Gasteiger partial charge in [0.05, 0.1) is 10.6 Å². The summed E-state index contributed by atoms with van der Waals surface area (Å²) in [5.41, 5.74) is 8.08. The molecule has 0 radical (unpaired) electrons. The second-order valence-corrected chi connectivity index (χ2v) is 8.56. The Kier molecular flexibility index (Phi) is 4.92. The summed E-state index contributed by atoms with van der Waals surface area (Å²) in [4.78, 5) is 14.4. The zero-order valence-electron chi connectivity index (χ0n) is 14.2. The van der Waals surface area contributed by atoms with Crippen LogP contribution in [0.4, 0.5) is 0 Å². The van der Waals surface area contributed by atoms with Gasteiger partial charge in [-0.15, -0.1) is 0 Å². The molecule has 3 rings (SSSR count). The van der Waals surface area contributed by atoms with E-state index in [4.69, 9.17) is 5.73 Å². The molecule has 1 aliphatic rings. The minimum absolute atomic E-state index is 0.0443. The van der Waals surface area contributed by atoms with Gasteiger partial charge in [0.25, 0.3) is 5.91 Å². The molecule has 2 N–H and O–H groups in total. The molecule has 1 atom stereocenters. The summed E-state index contributed by atoms with van der Waals surface area (Å²) in [6, 6.07) is 13.6. The molecule has 1 aliphatic heterocycles. The van der Waals surface area contributed by atoms with Crippen LogP contribution in [0.25, 0.3) is 0 Å². The van der Waals surface area contributed by atoms with E-state index in [0.29, 0.717) is 29.1 Å². The Bertz CT molecular complexity index is 859. The third-order valence-electron chi connectivity index (χ3n) is 4.45. The summed E-state index contributed by atoms with van der Waals surface area (Å²) in [6.07, 6.45) is 0.818. The fourth-order valence-electron chi connectivity index (χ4n) is 2.95. The highest BCUT2D eigenvalue weighted by atomic mass is 32.2. The number of benzene rings is 2. The van der Waals surface area contributed by atoms with Gasteiger partial charge < -0.3 is 10.6 Å². The molecule has 132 valence electrons. The van der Waals surface area contributed by atoms with Crippen LogP contribution in [0.15, 0.2) is 53.4 Å². The van der Waals surface area contributed by atoms with Crippen molar-refractivity contribution in [1.29, 1.82) is 0 Å². The van der Waals surface area contributed by atoms with Crippen molar-refractivity contribution in [1.82, 2.24) is 4.90 Å². The lowest BCUT2D eigenvalue weighted by Gasteiger charge is -2.16. The molecule has 2 aromatic carbocycles. The van der Waals surface area contributed by atoms with E-state index in [-0.39, 0.29) is 17.7 Å². The van der Waals surface area contributed by atoms with Gasteiger partial charge in [-0.25, -0.2) is 8.42 Å². The van der Waals surface area contributed by atoms with Crippen LogP contribution in [0.2, 0.25) is 0 Å². The van der Waals surface area contributed by atoms with Crippen molar-refractivity contribution in [3.63, 3.8) is 0 Å². The lowest BCUT2D eigenvalue weighted by atomic mass is 10.1. The van der Waals surface area contributed by atoms with Crippen LogP contribution in [0.3, 0.4) is 0 Å². The highest BCUT2D eigenvalue weighted by Crippen LogP contribution is 2.19. The Morgan fingerprint density at radius 3 is 2.32 bits per heavy atom. The van der Waals surface area contributed by atoms with Crippen molar-refractivity contribution in [3.8, 4) is 0 Å². The van der Waals surface area contributed by atoms with Gasteiger partial charge in [0.1, 0.15) is 0 Å². The summed E-state index contributed by atoms with van der Waals surface area (Å²) in [6.45, 7) is 3.16. The molecule has 1 heterocycles. The highest BCUT2D eigenvalue weighted by Gasteiger charge is 2.24. The van der Waals surface area contributed by atoms with Gasteiger partial charge in [0.2, 0.25) is 0 Å². The third-order valence-corrected chi connectivity index (χ3v) is 6.15. The molecule has 25 heavy (non-hydrogen) atoms. The van der Waals surface area contributed by atoms with E-state index < -0.39 is 9.84 Å². The Balaban J connectivity index is 1.72. The van der Waals surface area contributed by atoms with Crippen molar-refractivity contribution in [3.05, 3.63) is 65.2 Å². The van der Waals surface area contributed by atoms with Crippen LogP contribution in [-0.4, -0.2) is 38.4 Å². The van der Waals surface area contributed by atoms with Gasteiger partial charge in [-0.3, -0.25) is 4.79 Å². The molecule has 0 aromatic heterocycles. The molecule has 0 unspecified atom stereocenters. The van der Waals surface area contributed by atoms with Crippen molar-refractivity contribution in [2.75, 3.05) is 13.1 Å². The van der Waals surface area contributed by atoms with Crippen LogP contribution >= 0.6 is 0 Å². The molecule has 1 amide bonds. The molecular weight excluding hydrogens is 336 g/mol. The average Bonchev–Trinajstić information content (AvgIpc) is 3.01.